The molecule has 0 amide bonds. The first-order chi connectivity index (χ1) is 7.60. The molecule has 0 aliphatic rings. The van der Waals surface area contributed by atoms with Gasteiger partial charge in [-0.2, -0.15) is 0 Å². The molecule has 0 aromatic rings. The molecule has 0 aromatic heterocycles. The van der Waals surface area contributed by atoms with Crippen LogP contribution in [-0.4, -0.2) is 6.21 Å². The highest BCUT2D eigenvalue weighted by molar-refractivity contribution is 5.59. The fourth-order valence-electron chi connectivity index (χ4n) is 1.42. The monoisotopic (exact) mass is 221 g/mol. The van der Waals surface area contributed by atoms with Gasteiger partial charge in [0, 0.05) is 11.9 Å². The van der Waals surface area contributed by atoms with Crippen LogP contribution >= 0.6 is 0 Å². The summed E-state index contributed by atoms with van der Waals surface area (Å²) in [4.78, 5) is 4.53. The standard InChI is InChI=1S/C15H27N/c1-6-8-9-14(5)10-11-16-15(7-2)12-13(3)4/h8-9,11-14H,6-7,10H2,1-5H3/b9-8-,15-12-,16-11-. The maximum atomic E-state index is 4.53. The van der Waals surface area contributed by atoms with Crippen molar-refractivity contribution < 1.29 is 0 Å². The average Bonchev–Trinajstić information content (AvgIpc) is 2.24. The van der Waals surface area contributed by atoms with Gasteiger partial charge in [-0.1, -0.05) is 52.8 Å². The van der Waals surface area contributed by atoms with E-state index in [1.807, 2.05) is 0 Å². The molecular formula is C15H27N. The third-order valence-electron chi connectivity index (χ3n) is 2.32. The molecule has 0 fully saturated rings. The molecule has 0 N–H and O–H groups in total. The van der Waals surface area contributed by atoms with Crippen molar-refractivity contribution in [2.75, 3.05) is 0 Å². The van der Waals surface area contributed by atoms with Gasteiger partial charge in [0.2, 0.25) is 0 Å². The van der Waals surface area contributed by atoms with Crippen molar-refractivity contribution in [2.45, 2.75) is 53.9 Å². The predicted molar refractivity (Wildman–Crippen MR) is 74.9 cm³/mol. The first-order valence-corrected chi connectivity index (χ1v) is 6.50. The van der Waals surface area contributed by atoms with Crippen molar-refractivity contribution in [1.29, 1.82) is 0 Å². The van der Waals surface area contributed by atoms with E-state index in [0.717, 1.165) is 19.3 Å². The van der Waals surface area contributed by atoms with E-state index in [1.165, 1.54) is 5.70 Å². The van der Waals surface area contributed by atoms with E-state index in [-0.39, 0.29) is 0 Å². The number of allylic oxidation sites excluding steroid dienone is 4. The molecule has 0 rings (SSSR count). The van der Waals surface area contributed by atoms with Crippen LogP contribution in [0.3, 0.4) is 0 Å². The summed E-state index contributed by atoms with van der Waals surface area (Å²) < 4.78 is 0. The van der Waals surface area contributed by atoms with Crippen molar-refractivity contribution in [3.8, 4) is 0 Å². The lowest BCUT2D eigenvalue weighted by Gasteiger charge is -2.02. The summed E-state index contributed by atoms with van der Waals surface area (Å²) in [5, 5.41) is 0. The molecule has 1 atom stereocenters. The third kappa shape index (κ3) is 8.46. The molecule has 0 aliphatic carbocycles. The lowest BCUT2D eigenvalue weighted by atomic mass is 10.1. The van der Waals surface area contributed by atoms with Crippen LogP contribution in [0.15, 0.2) is 28.9 Å². The van der Waals surface area contributed by atoms with Gasteiger partial charge in [-0.3, -0.25) is 4.99 Å². The second-order valence-electron chi connectivity index (χ2n) is 4.62. The van der Waals surface area contributed by atoms with Crippen molar-refractivity contribution in [3.05, 3.63) is 23.9 Å². The van der Waals surface area contributed by atoms with Crippen LogP contribution in [0.5, 0.6) is 0 Å². The minimum Gasteiger partial charge on any atom is -0.266 e. The fourth-order valence-corrected chi connectivity index (χ4v) is 1.42. The molecule has 1 heteroatoms. The highest BCUT2D eigenvalue weighted by Crippen LogP contribution is 2.09. The van der Waals surface area contributed by atoms with Crippen molar-refractivity contribution >= 4 is 6.21 Å². The fraction of sp³-hybridized carbons (Fsp3) is 0.667. The highest BCUT2D eigenvalue weighted by atomic mass is 14.7. The van der Waals surface area contributed by atoms with Crippen LogP contribution in [0.25, 0.3) is 0 Å². The van der Waals surface area contributed by atoms with Crippen LogP contribution in [-0.2, 0) is 0 Å². The Morgan fingerprint density at radius 1 is 1.19 bits per heavy atom. The minimum absolute atomic E-state index is 0.588. The molecule has 0 aliphatic heterocycles. The van der Waals surface area contributed by atoms with Gasteiger partial charge in [-0.05, 0) is 31.1 Å². The number of rotatable bonds is 7. The van der Waals surface area contributed by atoms with E-state index in [4.69, 9.17) is 0 Å². The number of hydrogen-bond acceptors (Lipinski definition) is 1. The summed E-state index contributed by atoms with van der Waals surface area (Å²) in [5.41, 5.74) is 1.21. The molecule has 0 aromatic carbocycles. The van der Waals surface area contributed by atoms with Gasteiger partial charge in [-0.15, -0.1) is 0 Å². The molecule has 0 saturated carbocycles. The molecule has 0 spiro atoms. The smallest absolute Gasteiger partial charge is 0.0359 e. The van der Waals surface area contributed by atoms with Crippen LogP contribution in [0.1, 0.15) is 53.9 Å². The normalized spacial score (nSPS) is 15.5. The predicted octanol–water partition coefficient (Wildman–Crippen LogP) is 5.00. The molecular weight excluding hydrogens is 194 g/mol. The Kier molecular flexibility index (Phi) is 8.88. The number of nitrogens with zero attached hydrogens (tertiary/aromatic N) is 1. The zero-order valence-electron chi connectivity index (χ0n) is 11.5. The maximum Gasteiger partial charge on any atom is 0.0359 e. The first kappa shape index (κ1) is 15.2. The largest absolute Gasteiger partial charge is 0.266 e. The highest BCUT2D eigenvalue weighted by Gasteiger charge is 1.95. The summed E-state index contributed by atoms with van der Waals surface area (Å²) in [6, 6.07) is 0. The molecule has 0 heterocycles. The zero-order chi connectivity index (χ0) is 12.4. The summed E-state index contributed by atoms with van der Waals surface area (Å²) in [5.74, 6) is 1.19. The lowest BCUT2D eigenvalue weighted by molar-refractivity contribution is 0.770. The minimum atomic E-state index is 0.588. The molecule has 92 valence electrons. The maximum absolute atomic E-state index is 4.53. The Balaban J connectivity index is 4.11. The molecule has 1 nitrogen and oxygen atoms in total. The second-order valence-corrected chi connectivity index (χ2v) is 4.62. The Hall–Kier alpha value is -0.850. The molecule has 16 heavy (non-hydrogen) atoms. The van der Waals surface area contributed by atoms with Crippen LogP contribution in [0.2, 0.25) is 0 Å². The van der Waals surface area contributed by atoms with Crippen molar-refractivity contribution in [1.82, 2.24) is 0 Å². The van der Waals surface area contributed by atoms with E-state index in [2.05, 4.69) is 64.1 Å². The summed E-state index contributed by atoms with van der Waals surface area (Å²) in [7, 11) is 0. The molecule has 0 radical (unpaired) electrons. The quantitative estimate of drug-likeness (QED) is 0.424. The van der Waals surface area contributed by atoms with E-state index >= 15 is 0 Å². The number of aliphatic imine (C=N–C) groups is 1. The SMILES string of the molecule is CC/C=C\C(C)C/C=N\C(=C/C(C)C)CC. The Morgan fingerprint density at radius 3 is 2.38 bits per heavy atom. The first-order valence-electron chi connectivity index (χ1n) is 6.50. The van der Waals surface area contributed by atoms with Crippen molar-refractivity contribution in [3.63, 3.8) is 0 Å². The van der Waals surface area contributed by atoms with Crippen molar-refractivity contribution in [2.24, 2.45) is 16.8 Å². The van der Waals surface area contributed by atoms with E-state index in [1.54, 1.807) is 0 Å². The van der Waals surface area contributed by atoms with Gasteiger partial charge in [0.05, 0.1) is 0 Å². The average molecular weight is 221 g/mol. The zero-order valence-corrected chi connectivity index (χ0v) is 11.5. The summed E-state index contributed by atoms with van der Waals surface area (Å²) >= 11 is 0. The van der Waals surface area contributed by atoms with Gasteiger partial charge < -0.3 is 0 Å². The number of hydrogen-bond donors (Lipinski definition) is 0. The van der Waals surface area contributed by atoms with Crippen LogP contribution < -0.4 is 0 Å². The van der Waals surface area contributed by atoms with Gasteiger partial charge in [-0.25, -0.2) is 0 Å². The van der Waals surface area contributed by atoms with Gasteiger partial charge >= 0.3 is 0 Å². The lowest BCUT2D eigenvalue weighted by Crippen LogP contribution is -1.91. The van der Waals surface area contributed by atoms with E-state index in [9.17, 15) is 0 Å². The van der Waals surface area contributed by atoms with Crippen LogP contribution in [0, 0.1) is 11.8 Å². The summed E-state index contributed by atoms with van der Waals surface area (Å²) in [6.45, 7) is 10.9. The second kappa shape index (κ2) is 9.38. The van der Waals surface area contributed by atoms with E-state index in [0.29, 0.717) is 11.8 Å². The Bertz CT molecular complexity index is 246. The van der Waals surface area contributed by atoms with E-state index < -0.39 is 0 Å². The topological polar surface area (TPSA) is 12.4 Å². The summed E-state index contributed by atoms with van der Waals surface area (Å²) in [6.07, 6.45) is 12.0. The third-order valence-corrected chi connectivity index (χ3v) is 2.32. The Labute approximate surface area is 101 Å². The Morgan fingerprint density at radius 2 is 1.88 bits per heavy atom. The van der Waals surface area contributed by atoms with Gasteiger partial charge in [0.1, 0.15) is 0 Å². The van der Waals surface area contributed by atoms with Gasteiger partial charge in [0.15, 0.2) is 0 Å². The molecule has 0 bridgehead atoms. The van der Waals surface area contributed by atoms with Crippen LogP contribution in [0.4, 0.5) is 0 Å². The van der Waals surface area contributed by atoms with Gasteiger partial charge in [0.25, 0.3) is 0 Å². The molecule has 0 saturated heterocycles. The molecule has 1 unspecified atom stereocenters.